The SMILES string of the molecule is C[B]n1ccc(C(=O)NC(COC)C(=O)Nc2nc(-c3cccc(/C(C)=C/C=N/C=C/CC)c3)cs2)c1. The molecule has 1 radical (unpaired) electrons. The monoisotopic (exact) mass is 516 g/mol. The van der Waals surface area contributed by atoms with E-state index >= 15 is 0 Å². The van der Waals surface area contributed by atoms with Gasteiger partial charge < -0.3 is 19.8 Å². The number of carbonyl (C=O) groups excluding carboxylic acids is 2. The summed E-state index contributed by atoms with van der Waals surface area (Å²) in [5, 5.41) is 7.86. The summed E-state index contributed by atoms with van der Waals surface area (Å²) in [6, 6.07) is 8.85. The van der Waals surface area contributed by atoms with Gasteiger partial charge in [-0.15, -0.1) is 11.3 Å². The zero-order valence-electron chi connectivity index (χ0n) is 21.5. The zero-order valence-corrected chi connectivity index (χ0v) is 22.3. The van der Waals surface area contributed by atoms with Crippen LogP contribution in [0.5, 0.6) is 0 Å². The number of carbonyl (C=O) groups is 2. The van der Waals surface area contributed by atoms with Gasteiger partial charge in [-0.3, -0.25) is 14.6 Å². The van der Waals surface area contributed by atoms with Crippen LogP contribution in [0.25, 0.3) is 16.8 Å². The van der Waals surface area contributed by atoms with E-state index in [0.29, 0.717) is 10.7 Å². The van der Waals surface area contributed by atoms with E-state index in [1.807, 2.05) is 56.9 Å². The first-order chi connectivity index (χ1) is 17.9. The van der Waals surface area contributed by atoms with Crippen LogP contribution < -0.4 is 10.6 Å². The van der Waals surface area contributed by atoms with Gasteiger partial charge in [0.05, 0.1) is 17.9 Å². The molecule has 0 bridgehead atoms. The highest BCUT2D eigenvalue weighted by molar-refractivity contribution is 7.14. The predicted molar refractivity (Wildman–Crippen MR) is 152 cm³/mol. The first kappa shape index (κ1) is 27.8. The minimum atomic E-state index is -0.872. The molecule has 10 heteroatoms. The fourth-order valence-corrected chi connectivity index (χ4v) is 4.07. The van der Waals surface area contributed by atoms with E-state index in [2.05, 4.69) is 33.6 Å². The van der Waals surface area contributed by atoms with Crippen molar-refractivity contribution >= 4 is 47.5 Å². The molecule has 2 heterocycles. The number of ether oxygens (including phenoxy) is 1. The maximum Gasteiger partial charge on any atom is 0.253 e. The third-order valence-electron chi connectivity index (χ3n) is 5.42. The summed E-state index contributed by atoms with van der Waals surface area (Å²) in [5.41, 5.74) is 4.27. The van der Waals surface area contributed by atoms with Crippen LogP contribution in [0.2, 0.25) is 6.82 Å². The first-order valence-electron chi connectivity index (χ1n) is 11.9. The fourth-order valence-electron chi connectivity index (χ4n) is 3.35. The van der Waals surface area contributed by atoms with Crippen molar-refractivity contribution < 1.29 is 14.3 Å². The Hall–Kier alpha value is -3.76. The predicted octanol–water partition coefficient (Wildman–Crippen LogP) is 4.91. The molecule has 0 saturated heterocycles. The molecule has 2 N–H and O–H groups in total. The number of amides is 2. The van der Waals surface area contributed by atoms with Crippen molar-refractivity contribution in [3.8, 4) is 11.3 Å². The van der Waals surface area contributed by atoms with E-state index in [1.54, 1.807) is 35.4 Å². The fraction of sp³-hybridized carbons (Fsp3) is 0.259. The molecule has 3 aromatic rings. The second-order valence-electron chi connectivity index (χ2n) is 8.14. The quantitative estimate of drug-likeness (QED) is 0.264. The van der Waals surface area contributed by atoms with Crippen LogP contribution in [-0.4, -0.2) is 54.7 Å². The van der Waals surface area contributed by atoms with Crippen LogP contribution >= 0.6 is 11.3 Å². The number of anilines is 1. The van der Waals surface area contributed by atoms with Gasteiger partial charge in [-0.25, -0.2) is 4.98 Å². The van der Waals surface area contributed by atoms with Gasteiger partial charge in [0.1, 0.15) is 6.04 Å². The van der Waals surface area contributed by atoms with Gasteiger partial charge in [0.25, 0.3) is 11.8 Å². The third kappa shape index (κ3) is 8.13. The minimum Gasteiger partial charge on any atom is -0.402 e. The lowest BCUT2D eigenvalue weighted by molar-refractivity contribution is -0.119. The summed E-state index contributed by atoms with van der Waals surface area (Å²) >= 11 is 1.32. The number of nitrogens with one attached hydrogen (secondary N) is 2. The largest absolute Gasteiger partial charge is 0.402 e. The van der Waals surface area contributed by atoms with Crippen LogP contribution in [0, 0.1) is 0 Å². The van der Waals surface area contributed by atoms with Gasteiger partial charge >= 0.3 is 0 Å². The summed E-state index contributed by atoms with van der Waals surface area (Å²) in [4.78, 5) is 34.3. The number of hydrogen-bond donors (Lipinski definition) is 2. The number of nitrogens with zero attached hydrogens (tertiary/aromatic N) is 3. The molecule has 8 nitrogen and oxygen atoms in total. The molecule has 37 heavy (non-hydrogen) atoms. The molecule has 0 aliphatic heterocycles. The van der Waals surface area contributed by atoms with Crippen molar-refractivity contribution in [2.24, 2.45) is 4.99 Å². The Morgan fingerprint density at radius 3 is 2.86 bits per heavy atom. The summed E-state index contributed by atoms with van der Waals surface area (Å²) in [6.07, 6.45) is 11.9. The van der Waals surface area contributed by atoms with Gasteiger partial charge in [0, 0.05) is 36.7 Å². The average molecular weight is 516 g/mol. The average Bonchev–Trinajstić information content (AvgIpc) is 3.58. The summed E-state index contributed by atoms with van der Waals surface area (Å²) in [7, 11) is 3.30. The molecule has 191 valence electrons. The molecule has 1 atom stereocenters. The number of rotatable bonds is 12. The number of thiazole rings is 1. The minimum absolute atomic E-state index is 0.0294. The van der Waals surface area contributed by atoms with Gasteiger partial charge in [0.2, 0.25) is 7.41 Å². The molecule has 0 spiro atoms. The highest BCUT2D eigenvalue weighted by Crippen LogP contribution is 2.27. The Balaban J connectivity index is 1.67. The van der Waals surface area contributed by atoms with Crippen LogP contribution in [0.1, 0.15) is 36.2 Å². The third-order valence-corrected chi connectivity index (χ3v) is 6.17. The van der Waals surface area contributed by atoms with Gasteiger partial charge in [-0.2, -0.15) is 0 Å². The highest BCUT2D eigenvalue weighted by atomic mass is 32.1. The Morgan fingerprint density at radius 1 is 1.30 bits per heavy atom. The number of hydrogen-bond acceptors (Lipinski definition) is 6. The number of aromatic nitrogens is 2. The van der Waals surface area contributed by atoms with Crippen molar-refractivity contribution in [1.29, 1.82) is 0 Å². The van der Waals surface area contributed by atoms with E-state index in [4.69, 9.17) is 4.74 Å². The molecule has 2 aromatic heterocycles. The summed E-state index contributed by atoms with van der Waals surface area (Å²) in [5.74, 6) is -0.758. The number of aliphatic imine (C=N–C) groups is 1. The topological polar surface area (TPSA) is 97.6 Å². The van der Waals surface area contributed by atoms with Gasteiger partial charge in [0.15, 0.2) is 5.13 Å². The maximum absolute atomic E-state index is 12.9. The van der Waals surface area contributed by atoms with E-state index in [1.165, 1.54) is 18.4 Å². The Kier molecular flexibility index (Phi) is 10.6. The molecule has 2 amide bonds. The van der Waals surface area contributed by atoms with Crippen LogP contribution in [0.4, 0.5) is 5.13 Å². The van der Waals surface area contributed by atoms with Crippen LogP contribution in [0.3, 0.4) is 0 Å². The van der Waals surface area contributed by atoms with E-state index in [9.17, 15) is 9.59 Å². The van der Waals surface area contributed by atoms with E-state index in [-0.39, 0.29) is 12.5 Å². The van der Waals surface area contributed by atoms with Crippen LogP contribution in [0.15, 0.2) is 71.4 Å². The molecule has 0 aliphatic carbocycles. The molecular formula is C27H31BN5O3S. The summed E-state index contributed by atoms with van der Waals surface area (Å²) < 4.78 is 6.93. The lowest BCUT2D eigenvalue weighted by atomic mass is 10.0. The molecule has 0 saturated carbocycles. The normalized spacial score (nSPS) is 12.7. The molecule has 1 aromatic carbocycles. The number of allylic oxidation sites excluding steroid dienone is 3. The molecule has 3 rings (SSSR count). The molecule has 1 unspecified atom stereocenters. The van der Waals surface area contributed by atoms with E-state index in [0.717, 1.165) is 28.8 Å². The van der Waals surface area contributed by atoms with Crippen molar-refractivity contribution in [2.45, 2.75) is 33.1 Å². The van der Waals surface area contributed by atoms with Gasteiger partial charge in [-0.1, -0.05) is 38.0 Å². The molecule has 0 fully saturated rings. The van der Waals surface area contributed by atoms with Gasteiger partial charge in [-0.05, 0) is 48.9 Å². The van der Waals surface area contributed by atoms with Crippen molar-refractivity contribution in [3.05, 3.63) is 77.6 Å². The van der Waals surface area contributed by atoms with E-state index < -0.39 is 11.9 Å². The Labute approximate surface area is 222 Å². The lowest BCUT2D eigenvalue weighted by Gasteiger charge is -2.16. The smallest absolute Gasteiger partial charge is 0.253 e. The van der Waals surface area contributed by atoms with Crippen LogP contribution in [-0.2, 0) is 9.53 Å². The Morgan fingerprint density at radius 2 is 2.14 bits per heavy atom. The zero-order chi connectivity index (χ0) is 26.6. The Bertz CT molecular complexity index is 1290. The van der Waals surface area contributed by atoms with Crippen molar-refractivity contribution in [2.75, 3.05) is 19.0 Å². The number of methoxy groups -OCH3 is 1. The number of benzene rings is 1. The maximum atomic E-state index is 12.9. The second kappa shape index (κ2) is 14.1. The highest BCUT2D eigenvalue weighted by Gasteiger charge is 2.23. The lowest BCUT2D eigenvalue weighted by Crippen LogP contribution is -2.46. The summed E-state index contributed by atoms with van der Waals surface area (Å²) in [6.45, 7) is 5.99. The first-order valence-corrected chi connectivity index (χ1v) is 12.8. The molecule has 0 aliphatic rings. The second-order valence-corrected chi connectivity index (χ2v) is 8.99. The van der Waals surface area contributed by atoms with Crippen molar-refractivity contribution in [1.82, 2.24) is 14.8 Å². The molecular weight excluding hydrogens is 485 g/mol. The standard InChI is InChI=1S/C27H31BN5O3S/c1-5-6-12-29-13-10-19(2)20-8-7-9-21(15-20)24-18-37-27(31-24)32-26(35)23(17-36-4)30-25(34)22-11-14-33(16-22)28-3/h6-16,18,23H,5,17H2,1-4H3,(H,30,34)(H,31,32,35)/b12-6+,19-10+,29-13+. The van der Waals surface area contributed by atoms with Crippen molar-refractivity contribution in [3.63, 3.8) is 0 Å².